The maximum atomic E-state index is 11.9. The molecule has 0 aliphatic heterocycles. The molecule has 0 saturated heterocycles. The van der Waals surface area contributed by atoms with Gasteiger partial charge in [-0.1, -0.05) is 11.6 Å². The first-order chi connectivity index (χ1) is 10.5. The first kappa shape index (κ1) is 18.3. The second-order valence-electron chi connectivity index (χ2n) is 4.55. The Labute approximate surface area is 134 Å². The van der Waals surface area contributed by atoms with E-state index in [1.54, 1.807) is 18.2 Å². The lowest BCUT2D eigenvalue weighted by Gasteiger charge is -2.14. The molecule has 0 aromatic heterocycles. The second-order valence-corrected chi connectivity index (χ2v) is 4.99. The Morgan fingerprint density at radius 3 is 2.68 bits per heavy atom. The summed E-state index contributed by atoms with van der Waals surface area (Å²) in [5, 5.41) is 3.09. The molecule has 0 fully saturated rings. The molecule has 0 unspecified atom stereocenters. The smallest absolute Gasteiger partial charge is 0.311 e. The number of amides is 1. The van der Waals surface area contributed by atoms with Gasteiger partial charge >= 0.3 is 5.97 Å². The van der Waals surface area contributed by atoms with Crippen molar-refractivity contribution in [1.29, 1.82) is 0 Å². The van der Waals surface area contributed by atoms with E-state index in [0.29, 0.717) is 29.5 Å². The van der Waals surface area contributed by atoms with Crippen LogP contribution in [0.15, 0.2) is 18.2 Å². The number of esters is 1. The highest BCUT2D eigenvalue weighted by Gasteiger charge is 2.18. The molecule has 1 amide bonds. The minimum Gasteiger partial charge on any atom is -0.496 e. The quantitative estimate of drug-likeness (QED) is 0.579. The van der Waals surface area contributed by atoms with E-state index in [0.717, 1.165) is 0 Å². The fourth-order valence-electron chi connectivity index (χ4n) is 1.75. The Morgan fingerprint density at radius 1 is 1.32 bits per heavy atom. The topological polar surface area (TPSA) is 73.9 Å². The zero-order valence-corrected chi connectivity index (χ0v) is 13.6. The summed E-state index contributed by atoms with van der Waals surface area (Å²) < 4.78 is 15.1. The van der Waals surface area contributed by atoms with Crippen molar-refractivity contribution in [3.63, 3.8) is 0 Å². The highest BCUT2D eigenvalue weighted by molar-refractivity contribution is 6.30. The van der Waals surface area contributed by atoms with Gasteiger partial charge in [0, 0.05) is 24.2 Å². The van der Waals surface area contributed by atoms with Crippen molar-refractivity contribution < 1.29 is 23.8 Å². The minimum absolute atomic E-state index is 0.0283. The first-order valence-electron chi connectivity index (χ1n) is 6.76. The summed E-state index contributed by atoms with van der Waals surface area (Å²) in [7, 11) is 3.04. The predicted octanol–water partition coefficient (Wildman–Crippen LogP) is 1.59. The van der Waals surface area contributed by atoms with Gasteiger partial charge in [0.05, 0.1) is 20.1 Å². The van der Waals surface area contributed by atoms with Crippen LogP contribution in [0.2, 0.25) is 5.02 Å². The van der Waals surface area contributed by atoms with Crippen molar-refractivity contribution in [3.05, 3.63) is 28.8 Å². The van der Waals surface area contributed by atoms with E-state index in [-0.39, 0.29) is 12.3 Å². The second kappa shape index (κ2) is 9.27. The summed E-state index contributed by atoms with van der Waals surface area (Å²) in [6.45, 7) is 2.26. The zero-order valence-electron chi connectivity index (χ0n) is 12.8. The molecule has 22 heavy (non-hydrogen) atoms. The molecule has 1 rings (SSSR count). The molecule has 1 atom stereocenters. The van der Waals surface area contributed by atoms with Gasteiger partial charge in [-0.25, -0.2) is 0 Å². The van der Waals surface area contributed by atoms with Gasteiger partial charge in [0.25, 0.3) is 5.91 Å². The molecule has 1 N–H and O–H groups in total. The molecular weight excluding hydrogens is 310 g/mol. The van der Waals surface area contributed by atoms with Gasteiger partial charge in [0.1, 0.15) is 5.75 Å². The van der Waals surface area contributed by atoms with Crippen LogP contribution < -0.4 is 10.1 Å². The Bertz CT molecular complexity index is 521. The Kier molecular flexibility index (Phi) is 7.70. The van der Waals surface area contributed by atoms with Crippen LogP contribution in [0.3, 0.4) is 0 Å². The molecule has 0 saturated carbocycles. The van der Waals surface area contributed by atoms with Crippen molar-refractivity contribution in [2.45, 2.75) is 19.4 Å². The molecule has 122 valence electrons. The van der Waals surface area contributed by atoms with E-state index in [1.165, 1.54) is 21.1 Å². The van der Waals surface area contributed by atoms with Crippen molar-refractivity contribution in [2.75, 3.05) is 27.4 Å². The molecular formula is C15H20ClNO5. The van der Waals surface area contributed by atoms with Crippen LogP contribution >= 0.6 is 11.6 Å². The summed E-state index contributed by atoms with van der Waals surface area (Å²) in [6.07, 6.45) is -0.908. The number of halogens is 1. The van der Waals surface area contributed by atoms with Crippen LogP contribution in [0.5, 0.6) is 5.75 Å². The van der Waals surface area contributed by atoms with Gasteiger partial charge in [0.15, 0.2) is 6.10 Å². The normalized spacial score (nSPS) is 11.6. The standard InChI is InChI=1S/C15H20ClNO5/c1-10(15(19)17-6-7-20-2)22-14(18)9-11-8-12(16)4-5-13(11)21-3/h4-5,8,10H,6-7,9H2,1-3H3,(H,17,19)/t10-/m0/s1. The number of carbonyl (C=O) groups excluding carboxylic acids is 2. The average Bonchev–Trinajstić information content (AvgIpc) is 2.47. The van der Waals surface area contributed by atoms with Crippen LogP contribution in [0.1, 0.15) is 12.5 Å². The highest BCUT2D eigenvalue weighted by atomic mass is 35.5. The SMILES string of the molecule is COCCNC(=O)[C@H](C)OC(=O)Cc1cc(Cl)ccc1OC. The van der Waals surface area contributed by atoms with E-state index in [2.05, 4.69) is 5.32 Å². The molecule has 1 aromatic rings. The summed E-state index contributed by atoms with van der Waals surface area (Å²) in [6, 6.07) is 4.97. The Hall–Kier alpha value is -1.79. The number of rotatable bonds is 8. The molecule has 6 nitrogen and oxygen atoms in total. The molecule has 7 heteroatoms. The molecule has 0 radical (unpaired) electrons. The number of methoxy groups -OCH3 is 2. The number of carbonyl (C=O) groups is 2. The van der Waals surface area contributed by atoms with Gasteiger partial charge in [-0.3, -0.25) is 9.59 Å². The molecule has 0 bridgehead atoms. The summed E-state index contributed by atoms with van der Waals surface area (Å²) in [5.41, 5.74) is 0.604. The van der Waals surface area contributed by atoms with Gasteiger partial charge in [0.2, 0.25) is 0 Å². The van der Waals surface area contributed by atoms with Gasteiger partial charge in [-0.05, 0) is 25.1 Å². The predicted molar refractivity (Wildman–Crippen MR) is 82.1 cm³/mol. The summed E-state index contributed by atoms with van der Waals surface area (Å²) in [4.78, 5) is 23.6. The third kappa shape index (κ3) is 5.91. The first-order valence-corrected chi connectivity index (χ1v) is 7.14. The number of ether oxygens (including phenoxy) is 3. The Morgan fingerprint density at radius 2 is 2.05 bits per heavy atom. The highest BCUT2D eigenvalue weighted by Crippen LogP contribution is 2.23. The van der Waals surface area contributed by atoms with Crippen LogP contribution in [0.4, 0.5) is 0 Å². The van der Waals surface area contributed by atoms with E-state index in [9.17, 15) is 9.59 Å². The largest absolute Gasteiger partial charge is 0.496 e. The van der Waals surface area contributed by atoms with Crippen LogP contribution in [0, 0.1) is 0 Å². The third-order valence-corrected chi connectivity index (χ3v) is 3.10. The Balaban J connectivity index is 2.55. The zero-order chi connectivity index (χ0) is 16.5. The summed E-state index contributed by atoms with van der Waals surface area (Å²) in [5.74, 6) is -0.364. The van der Waals surface area contributed by atoms with E-state index in [1.807, 2.05) is 0 Å². The fraction of sp³-hybridized carbons (Fsp3) is 0.467. The van der Waals surface area contributed by atoms with E-state index < -0.39 is 12.1 Å². The molecule has 0 aliphatic rings. The lowest BCUT2D eigenvalue weighted by molar-refractivity contribution is -0.154. The molecule has 1 aromatic carbocycles. The van der Waals surface area contributed by atoms with Crippen LogP contribution in [-0.2, 0) is 25.5 Å². The van der Waals surface area contributed by atoms with Crippen LogP contribution in [0.25, 0.3) is 0 Å². The van der Waals surface area contributed by atoms with Gasteiger partial charge < -0.3 is 19.5 Å². The number of benzene rings is 1. The minimum atomic E-state index is -0.880. The third-order valence-electron chi connectivity index (χ3n) is 2.86. The van der Waals surface area contributed by atoms with Crippen molar-refractivity contribution in [2.24, 2.45) is 0 Å². The number of hydrogen-bond acceptors (Lipinski definition) is 5. The molecule has 0 heterocycles. The van der Waals surface area contributed by atoms with Gasteiger partial charge in [-0.15, -0.1) is 0 Å². The average molecular weight is 330 g/mol. The molecule has 0 spiro atoms. The number of hydrogen-bond donors (Lipinski definition) is 1. The summed E-state index contributed by atoms with van der Waals surface area (Å²) >= 11 is 5.90. The maximum absolute atomic E-state index is 11.9. The van der Waals surface area contributed by atoms with Crippen molar-refractivity contribution in [3.8, 4) is 5.75 Å². The van der Waals surface area contributed by atoms with Crippen molar-refractivity contribution >= 4 is 23.5 Å². The van der Waals surface area contributed by atoms with Gasteiger partial charge in [-0.2, -0.15) is 0 Å². The molecule has 0 aliphatic carbocycles. The van der Waals surface area contributed by atoms with E-state index in [4.69, 9.17) is 25.8 Å². The number of nitrogens with one attached hydrogen (secondary N) is 1. The maximum Gasteiger partial charge on any atom is 0.311 e. The monoisotopic (exact) mass is 329 g/mol. The lowest BCUT2D eigenvalue weighted by atomic mass is 10.1. The van der Waals surface area contributed by atoms with Crippen molar-refractivity contribution in [1.82, 2.24) is 5.32 Å². The lowest BCUT2D eigenvalue weighted by Crippen LogP contribution is -2.37. The van der Waals surface area contributed by atoms with E-state index >= 15 is 0 Å². The van der Waals surface area contributed by atoms with Crippen LogP contribution in [-0.4, -0.2) is 45.4 Å². The fourth-order valence-corrected chi connectivity index (χ4v) is 1.95.